The maximum Gasteiger partial charge on any atom is 0.196 e. The van der Waals surface area contributed by atoms with Gasteiger partial charge in [-0.25, -0.2) is 0 Å². The average Bonchev–Trinajstić information content (AvgIpc) is 3.20. The number of ether oxygens (including phenoxy) is 3. The first-order valence-corrected chi connectivity index (χ1v) is 13.1. The summed E-state index contributed by atoms with van der Waals surface area (Å²) in [6.07, 6.45) is 7.60. The molecular weight excluding hydrogens is 442 g/mol. The topological polar surface area (TPSA) is 77.3 Å². The molecule has 5 rings (SSSR count). The Kier molecular flexibility index (Phi) is 7.44. The molecular formula is C28H37N3O4. The lowest BCUT2D eigenvalue weighted by Gasteiger charge is -2.26. The standard InChI is InChI=1S/C28H37N3O4/c1-33-22-19-23(35-18-16-31-13-6-3-7-14-31)27(29)26-25(22)24-20(28(26)32)9-8-10-21(24)34-17-15-30-11-4-2-5-12-30/h8-10,19H,2-7,11-18,29H2,1H3. The molecule has 0 amide bonds. The molecule has 2 aromatic carbocycles. The van der Waals surface area contributed by atoms with E-state index in [4.69, 9.17) is 19.9 Å². The van der Waals surface area contributed by atoms with Gasteiger partial charge in [0, 0.05) is 35.8 Å². The predicted molar refractivity (Wildman–Crippen MR) is 138 cm³/mol. The SMILES string of the molecule is COc1cc(OCCN2CCCCC2)c(N)c2c1-c1c(OCCN3CCCCC3)cccc1C2=O. The molecule has 188 valence electrons. The van der Waals surface area contributed by atoms with Crippen molar-refractivity contribution in [3.8, 4) is 28.4 Å². The predicted octanol–water partition coefficient (Wildman–Crippen LogP) is 4.22. The summed E-state index contributed by atoms with van der Waals surface area (Å²) in [5.41, 5.74) is 9.45. The Hall–Kier alpha value is -2.77. The van der Waals surface area contributed by atoms with E-state index in [-0.39, 0.29) is 5.78 Å². The van der Waals surface area contributed by atoms with Gasteiger partial charge >= 0.3 is 0 Å². The van der Waals surface area contributed by atoms with E-state index in [1.165, 1.54) is 38.5 Å². The fraction of sp³-hybridized carbons (Fsp3) is 0.536. The summed E-state index contributed by atoms with van der Waals surface area (Å²) in [5, 5.41) is 0. The number of methoxy groups -OCH3 is 1. The van der Waals surface area contributed by atoms with E-state index < -0.39 is 0 Å². The molecule has 7 heteroatoms. The first-order chi connectivity index (χ1) is 17.2. The van der Waals surface area contributed by atoms with Gasteiger partial charge in [0.05, 0.1) is 18.4 Å². The zero-order chi connectivity index (χ0) is 24.2. The van der Waals surface area contributed by atoms with Gasteiger partial charge < -0.3 is 19.9 Å². The van der Waals surface area contributed by atoms with Crippen molar-refractivity contribution < 1.29 is 19.0 Å². The number of carbonyl (C=O) groups is 1. The number of hydrogen-bond acceptors (Lipinski definition) is 7. The summed E-state index contributed by atoms with van der Waals surface area (Å²) < 4.78 is 18.1. The Morgan fingerprint density at radius 2 is 1.37 bits per heavy atom. The second-order valence-electron chi connectivity index (χ2n) is 9.75. The van der Waals surface area contributed by atoms with Crippen LogP contribution in [0.25, 0.3) is 11.1 Å². The molecule has 0 bridgehead atoms. The van der Waals surface area contributed by atoms with Gasteiger partial charge in [-0.1, -0.05) is 25.0 Å². The fourth-order valence-corrected chi connectivity index (χ4v) is 5.58. The van der Waals surface area contributed by atoms with Crippen LogP contribution in [-0.4, -0.2) is 75.2 Å². The molecule has 3 aliphatic rings. The van der Waals surface area contributed by atoms with Crippen molar-refractivity contribution in [2.24, 2.45) is 0 Å². The van der Waals surface area contributed by atoms with Gasteiger partial charge in [0.1, 0.15) is 30.5 Å². The van der Waals surface area contributed by atoms with Crippen LogP contribution in [0.4, 0.5) is 5.69 Å². The van der Waals surface area contributed by atoms with E-state index in [2.05, 4.69) is 9.80 Å². The number of ketones is 1. The molecule has 0 unspecified atom stereocenters. The highest BCUT2D eigenvalue weighted by Gasteiger charge is 2.36. The summed E-state index contributed by atoms with van der Waals surface area (Å²) in [7, 11) is 1.62. The van der Waals surface area contributed by atoms with Crippen LogP contribution in [0, 0.1) is 0 Å². The molecule has 2 aliphatic heterocycles. The Morgan fingerprint density at radius 3 is 1.97 bits per heavy atom. The van der Waals surface area contributed by atoms with Crippen LogP contribution in [0.3, 0.4) is 0 Å². The van der Waals surface area contributed by atoms with Crippen molar-refractivity contribution >= 4 is 11.5 Å². The maximum absolute atomic E-state index is 13.5. The lowest BCUT2D eigenvalue weighted by Crippen LogP contribution is -2.33. The summed E-state index contributed by atoms with van der Waals surface area (Å²) >= 11 is 0. The fourth-order valence-electron chi connectivity index (χ4n) is 5.58. The van der Waals surface area contributed by atoms with Gasteiger partial charge in [0.15, 0.2) is 5.78 Å². The number of rotatable bonds is 9. The van der Waals surface area contributed by atoms with Crippen molar-refractivity contribution in [2.45, 2.75) is 38.5 Å². The molecule has 2 fully saturated rings. The number of nitrogens with two attached hydrogens (primary N) is 1. The number of hydrogen-bond donors (Lipinski definition) is 1. The van der Waals surface area contributed by atoms with Crippen molar-refractivity contribution in [1.82, 2.24) is 9.80 Å². The van der Waals surface area contributed by atoms with Crippen molar-refractivity contribution in [2.75, 3.05) is 65.3 Å². The van der Waals surface area contributed by atoms with E-state index >= 15 is 0 Å². The minimum Gasteiger partial charge on any atom is -0.496 e. The highest BCUT2D eigenvalue weighted by Crippen LogP contribution is 2.51. The van der Waals surface area contributed by atoms with E-state index in [0.717, 1.165) is 44.8 Å². The normalized spacial score (nSPS) is 18.3. The van der Waals surface area contributed by atoms with E-state index in [1.54, 1.807) is 7.11 Å². The molecule has 2 saturated heterocycles. The van der Waals surface area contributed by atoms with Gasteiger partial charge in [-0.2, -0.15) is 0 Å². The molecule has 0 aromatic heterocycles. The molecule has 2 N–H and O–H groups in total. The zero-order valence-corrected chi connectivity index (χ0v) is 20.8. The summed E-state index contributed by atoms with van der Waals surface area (Å²) in [6.45, 7) is 7.31. The molecule has 2 heterocycles. The number of benzene rings is 2. The first-order valence-electron chi connectivity index (χ1n) is 13.1. The van der Waals surface area contributed by atoms with Gasteiger partial charge in [0.2, 0.25) is 0 Å². The smallest absolute Gasteiger partial charge is 0.196 e. The van der Waals surface area contributed by atoms with Gasteiger partial charge in [-0.15, -0.1) is 0 Å². The quantitative estimate of drug-likeness (QED) is 0.461. The molecule has 0 spiro atoms. The van der Waals surface area contributed by atoms with Gasteiger partial charge in [-0.3, -0.25) is 14.6 Å². The van der Waals surface area contributed by atoms with E-state index in [9.17, 15) is 4.79 Å². The molecule has 1 aliphatic carbocycles. The highest BCUT2D eigenvalue weighted by atomic mass is 16.5. The molecule has 2 aromatic rings. The second kappa shape index (κ2) is 10.9. The first kappa shape index (κ1) is 23.9. The van der Waals surface area contributed by atoms with Crippen molar-refractivity contribution in [1.29, 1.82) is 0 Å². The lowest BCUT2D eigenvalue weighted by atomic mass is 10.0. The van der Waals surface area contributed by atoms with Crippen LogP contribution in [0.5, 0.6) is 17.2 Å². The number of piperidine rings is 2. The monoisotopic (exact) mass is 479 g/mol. The molecule has 7 nitrogen and oxygen atoms in total. The molecule has 0 saturated carbocycles. The Morgan fingerprint density at radius 1 is 0.771 bits per heavy atom. The summed E-state index contributed by atoms with van der Waals surface area (Å²) in [5.74, 6) is 1.68. The Labute approximate surface area is 208 Å². The number of carbonyl (C=O) groups excluding carboxylic acids is 1. The molecule has 35 heavy (non-hydrogen) atoms. The van der Waals surface area contributed by atoms with E-state index in [1.807, 2.05) is 24.3 Å². The third kappa shape index (κ3) is 4.98. The number of nitrogens with zero attached hydrogens (tertiary/aromatic N) is 2. The lowest BCUT2D eigenvalue weighted by molar-refractivity contribution is 0.104. The number of likely N-dealkylation sites (tertiary alicyclic amines) is 2. The van der Waals surface area contributed by atoms with Gasteiger partial charge in [0.25, 0.3) is 0 Å². The van der Waals surface area contributed by atoms with Crippen molar-refractivity contribution in [3.05, 3.63) is 35.4 Å². The summed E-state index contributed by atoms with van der Waals surface area (Å²) in [6, 6.07) is 7.45. The van der Waals surface area contributed by atoms with Crippen molar-refractivity contribution in [3.63, 3.8) is 0 Å². The molecule has 0 atom stereocenters. The zero-order valence-electron chi connectivity index (χ0n) is 20.8. The van der Waals surface area contributed by atoms with Crippen LogP contribution in [0.1, 0.15) is 54.4 Å². The second-order valence-corrected chi connectivity index (χ2v) is 9.75. The number of fused-ring (bicyclic) bond motifs is 3. The Bertz CT molecular complexity index is 1060. The minimum absolute atomic E-state index is 0.103. The van der Waals surface area contributed by atoms with Crippen LogP contribution in [0.2, 0.25) is 0 Å². The van der Waals surface area contributed by atoms with Crippen LogP contribution < -0.4 is 19.9 Å². The number of anilines is 1. The Balaban J connectivity index is 1.36. The molecule has 0 radical (unpaired) electrons. The van der Waals surface area contributed by atoms with Crippen LogP contribution in [0.15, 0.2) is 24.3 Å². The van der Waals surface area contributed by atoms with Crippen LogP contribution >= 0.6 is 0 Å². The summed E-state index contributed by atoms with van der Waals surface area (Å²) in [4.78, 5) is 18.3. The largest absolute Gasteiger partial charge is 0.496 e. The van der Waals surface area contributed by atoms with Crippen LogP contribution in [-0.2, 0) is 0 Å². The number of nitrogen functional groups attached to an aromatic ring is 1. The average molecular weight is 480 g/mol. The van der Waals surface area contributed by atoms with Gasteiger partial charge in [-0.05, 0) is 57.9 Å². The third-order valence-electron chi connectivity index (χ3n) is 7.49. The third-order valence-corrected chi connectivity index (χ3v) is 7.49. The van der Waals surface area contributed by atoms with E-state index in [0.29, 0.717) is 52.8 Å². The highest BCUT2D eigenvalue weighted by molar-refractivity contribution is 6.26. The minimum atomic E-state index is -0.103. The maximum atomic E-state index is 13.5.